The summed E-state index contributed by atoms with van der Waals surface area (Å²) in [5, 5.41) is 4.67. The summed E-state index contributed by atoms with van der Waals surface area (Å²) in [7, 11) is 1.44. The highest BCUT2D eigenvalue weighted by Crippen LogP contribution is 2.29. The fourth-order valence-electron chi connectivity index (χ4n) is 1.22. The van der Waals surface area contributed by atoms with Gasteiger partial charge in [-0.25, -0.2) is 9.37 Å². The Morgan fingerprint density at radius 1 is 1.47 bits per heavy atom. The van der Waals surface area contributed by atoms with E-state index >= 15 is 0 Å². The molecule has 106 valence electrons. The monoisotopic (exact) mass is 297 g/mol. The van der Waals surface area contributed by atoms with E-state index in [1.165, 1.54) is 13.2 Å². The zero-order chi connectivity index (χ0) is 14.5. The number of halogens is 4. The van der Waals surface area contributed by atoms with Gasteiger partial charge in [0.2, 0.25) is 0 Å². The highest BCUT2D eigenvalue weighted by atomic mass is 32.2. The first-order valence-corrected chi connectivity index (χ1v) is 6.15. The molecule has 0 aliphatic rings. The second kappa shape index (κ2) is 6.60. The molecule has 4 nitrogen and oxygen atoms in total. The van der Waals surface area contributed by atoms with Gasteiger partial charge in [0.25, 0.3) is 5.91 Å². The molecule has 1 amide bonds. The topological polar surface area (TPSA) is 54.0 Å². The largest absolute Gasteiger partial charge is 0.441 e. The quantitative estimate of drug-likeness (QED) is 0.646. The zero-order valence-electron chi connectivity index (χ0n) is 9.84. The molecule has 0 spiro atoms. The van der Waals surface area contributed by atoms with Crippen molar-refractivity contribution >= 4 is 23.5 Å². The Morgan fingerprint density at radius 3 is 2.74 bits per heavy atom. The lowest BCUT2D eigenvalue weighted by molar-refractivity contribution is -0.0327. The summed E-state index contributed by atoms with van der Waals surface area (Å²) in [6.07, 6.45) is 1.23. The van der Waals surface area contributed by atoms with Crippen LogP contribution in [0.5, 0.6) is 0 Å². The molecular formula is C10H11F4N3OS. The van der Waals surface area contributed by atoms with Gasteiger partial charge in [-0.15, -0.1) is 0 Å². The van der Waals surface area contributed by atoms with Crippen LogP contribution in [0.2, 0.25) is 0 Å². The number of nitrogens with one attached hydrogen (secondary N) is 2. The van der Waals surface area contributed by atoms with Crippen LogP contribution >= 0.6 is 11.8 Å². The van der Waals surface area contributed by atoms with Gasteiger partial charge >= 0.3 is 5.51 Å². The minimum absolute atomic E-state index is 0.0997. The van der Waals surface area contributed by atoms with Gasteiger partial charge in [-0.2, -0.15) is 13.2 Å². The van der Waals surface area contributed by atoms with Crippen molar-refractivity contribution in [2.75, 3.05) is 24.7 Å². The van der Waals surface area contributed by atoms with Crippen molar-refractivity contribution in [3.63, 3.8) is 0 Å². The Labute approximate surface area is 111 Å². The Morgan fingerprint density at radius 2 is 2.16 bits per heavy atom. The van der Waals surface area contributed by atoms with Gasteiger partial charge in [0.05, 0.1) is 5.56 Å². The lowest BCUT2D eigenvalue weighted by Gasteiger charge is -2.09. The number of hydrogen-bond donors (Lipinski definition) is 2. The van der Waals surface area contributed by atoms with Crippen molar-refractivity contribution in [3.8, 4) is 0 Å². The smallest absolute Gasteiger partial charge is 0.371 e. The summed E-state index contributed by atoms with van der Waals surface area (Å²) < 4.78 is 49.2. The lowest BCUT2D eigenvalue weighted by Crippen LogP contribution is -2.27. The predicted octanol–water partition coefficient (Wildman–Crippen LogP) is 2.25. The van der Waals surface area contributed by atoms with Crippen LogP contribution in [-0.4, -0.2) is 35.7 Å². The SMILES string of the molecule is CNc1nccc(C(=O)NCCSC(F)(F)F)c1F. The van der Waals surface area contributed by atoms with Crippen LogP contribution < -0.4 is 10.6 Å². The predicted molar refractivity (Wildman–Crippen MR) is 64.6 cm³/mol. The molecule has 0 atom stereocenters. The molecule has 1 rings (SSSR count). The lowest BCUT2D eigenvalue weighted by atomic mass is 10.2. The first-order valence-electron chi connectivity index (χ1n) is 5.16. The van der Waals surface area contributed by atoms with Crippen LogP contribution in [0.3, 0.4) is 0 Å². The molecule has 1 heterocycles. The summed E-state index contributed by atoms with van der Waals surface area (Å²) in [5.41, 5.74) is -4.61. The molecule has 0 saturated heterocycles. The minimum atomic E-state index is -4.34. The Kier molecular flexibility index (Phi) is 5.40. The first-order chi connectivity index (χ1) is 8.85. The number of nitrogens with zero attached hydrogens (tertiary/aromatic N) is 1. The molecule has 0 aliphatic heterocycles. The molecule has 0 fully saturated rings. The molecule has 19 heavy (non-hydrogen) atoms. The van der Waals surface area contributed by atoms with Gasteiger partial charge in [0.1, 0.15) is 0 Å². The number of anilines is 1. The number of pyridine rings is 1. The van der Waals surface area contributed by atoms with Crippen molar-refractivity contribution < 1.29 is 22.4 Å². The Bertz CT molecular complexity index is 453. The minimum Gasteiger partial charge on any atom is -0.371 e. The van der Waals surface area contributed by atoms with Gasteiger partial charge in [0.15, 0.2) is 11.6 Å². The molecular weight excluding hydrogens is 286 g/mol. The second-order valence-electron chi connectivity index (χ2n) is 3.32. The number of rotatable bonds is 5. The number of carbonyl (C=O) groups excluding carboxylic acids is 1. The maximum atomic E-state index is 13.7. The third-order valence-corrected chi connectivity index (χ3v) is 2.76. The van der Waals surface area contributed by atoms with E-state index in [0.29, 0.717) is 0 Å². The molecule has 2 N–H and O–H groups in total. The van der Waals surface area contributed by atoms with Gasteiger partial charge in [-0.05, 0) is 17.8 Å². The summed E-state index contributed by atoms with van der Waals surface area (Å²) in [6.45, 7) is -0.209. The van der Waals surface area contributed by atoms with Gasteiger partial charge in [-0.1, -0.05) is 0 Å². The molecule has 9 heteroatoms. The Balaban J connectivity index is 2.55. The number of alkyl halides is 3. The molecule has 0 unspecified atom stereocenters. The van der Waals surface area contributed by atoms with Gasteiger partial charge in [0, 0.05) is 25.5 Å². The summed E-state index contributed by atoms with van der Waals surface area (Å²) >= 11 is -0.251. The number of amides is 1. The van der Waals surface area contributed by atoms with Crippen LogP contribution in [0.4, 0.5) is 23.4 Å². The summed E-state index contributed by atoms with van der Waals surface area (Å²) in [6, 6.07) is 1.16. The fourth-order valence-corrected chi connectivity index (χ4v) is 1.66. The molecule has 0 bridgehead atoms. The van der Waals surface area contributed by atoms with E-state index in [1.807, 2.05) is 0 Å². The standard InChI is InChI=1S/C10H11F4N3OS/c1-15-8-7(11)6(2-3-16-8)9(18)17-4-5-19-10(12,13)14/h2-3H,4-5H2,1H3,(H,15,16)(H,17,18). The molecule has 1 aromatic heterocycles. The van der Waals surface area contributed by atoms with Gasteiger partial charge < -0.3 is 10.6 Å². The van der Waals surface area contributed by atoms with Crippen LogP contribution in [0, 0.1) is 5.82 Å². The van der Waals surface area contributed by atoms with Crippen molar-refractivity contribution in [1.29, 1.82) is 0 Å². The fraction of sp³-hybridized carbons (Fsp3) is 0.400. The van der Waals surface area contributed by atoms with E-state index in [2.05, 4.69) is 15.6 Å². The van der Waals surface area contributed by atoms with E-state index in [1.54, 1.807) is 0 Å². The van der Waals surface area contributed by atoms with E-state index < -0.39 is 17.2 Å². The highest BCUT2D eigenvalue weighted by molar-refractivity contribution is 8.00. The third-order valence-electron chi connectivity index (χ3n) is 2.02. The van der Waals surface area contributed by atoms with Crippen molar-refractivity contribution in [3.05, 3.63) is 23.6 Å². The normalized spacial score (nSPS) is 11.2. The van der Waals surface area contributed by atoms with E-state index in [-0.39, 0.29) is 35.4 Å². The van der Waals surface area contributed by atoms with Crippen LogP contribution in [0.15, 0.2) is 12.3 Å². The number of aromatic nitrogens is 1. The van der Waals surface area contributed by atoms with Crippen molar-refractivity contribution in [1.82, 2.24) is 10.3 Å². The van der Waals surface area contributed by atoms with Crippen LogP contribution in [0.25, 0.3) is 0 Å². The zero-order valence-corrected chi connectivity index (χ0v) is 10.7. The molecule has 0 aromatic carbocycles. The maximum absolute atomic E-state index is 13.7. The van der Waals surface area contributed by atoms with Crippen LogP contribution in [-0.2, 0) is 0 Å². The van der Waals surface area contributed by atoms with Gasteiger partial charge in [-0.3, -0.25) is 4.79 Å². The van der Waals surface area contributed by atoms with Crippen molar-refractivity contribution in [2.45, 2.75) is 5.51 Å². The van der Waals surface area contributed by atoms with E-state index in [4.69, 9.17) is 0 Å². The molecule has 1 aromatic rings. The average Bonchev–Trinajstić information content (AvgIpc) is 2.33. The number of hydrogen-bond acceptors (Lipinski definition) is 4. The maximum Gasteiger partial charge on any atom is 0.441 e. The van der Waals surface area contributed by atoms with E-state index in [0.717, 1.165) is 6.07 Å². The average molecular weight is 297 g/mol. The van der Waals surface area contributed by atoms with E-state index in [9.17, 15) is 22.4 Å². The van der Waals surface area contributed by atoms with Crippen molar-refractivity contribution in [2.24, 2.45) is 0 Å². The third kappa shape index (κ3) is 4.93. The summed E-state index contributed by atoms with van der Waals surface area (Å²) in [5.74, 6) is -2.05. The van der Waals surface area contributed by atoms with Crippen LogP contribution in [0.1, 0.15) is 10.4 Å². The second-order valence-corrected chi connectivity index (χ2v) is 4.48. The number of thioether (sulfide) groups is 1. The highest BCUT2D eigenvalue weighted by Gasteiger charge is 2.27. The number of carbonyl (C=O) groups is 1. The molecule has 0 saturated carbocycles. The summed E-state index contributed by atoms with van der Waals surface area (Å²) in [4.78, 5) is 15.2. The molecule has 0 aliphatic carbocycles. The first kappa shape index (κ1) is 15.5. The molecule has 0 radical (unpaired) electrons. The Hall–Kier alpha value is -1.51.